The third kappa shape index (κ3) is 3.37. The first kappa shape index (κ1) is 20.9. The van der Waals surface area contributed by atoms with E-state index in [2.05, 4.69) is 53.5 Å². The molecule has 6 nitrogen and oxygen atoms in total. The predicted molar refractivity (Wildman–Crippen MR) is 141 cm³/mol. The average Bonchev–Trinajstić information content (AvgIpc) is 3.40. The van der Waals surface area contributed by atoms with Gasteiger partial charge in [-0.25, -0.2) is 4.98 Å². The molecule has 2 N–H and O–H groups in total. The van der Waals surface area contributed by atoms with Gasteiger partial charge in [-0.2, -0.15) is 9.97 Å². The molecule has 1 heterocycles. The van der Waals surface area contributed by atoms with Gasteiger partial charge in [0.05, 0.1) is 5.56 Å². The van der Waals surface area contributed by atoms with E-state index in [1.807, 2.05) is 6.07 Å². The quantitative estimate of drug-likeness (QED) is 0.273. The van der Waals surface area contributed by atoms with Crippen LogP contribution in [0.25, 0.3) is 55.1 Å². The Labute approximate surface area is 207 Å². The Bertz CT molecular complexity index is 1740. The van der Waals surface area contributed by atoms with Crippen LogP contribution in [0.3, 0.4) is 0 Å². The van der Waals surface area contributed by atoms with E-state index >= 15 is 0 Å². The van der Waals surface area contributed by atoms with Crippen LogP contribution >= 0.6 is 0 Å². The first-order valence-electron chi connectivity index (χ1n) is 12.3. The van der Waals surface area contributed by atoms with Gasteiger partial charge in [0.1, 0.15) is 17.6 Å². The number of aromatic nitrogens is 3. The minimum atomic E-state index is -0.102. The highest BCUT2D eigenvalue weighted by Gasteiger charge is 2.22. The lowest BCUT2D eigenvalue weighted by atomic mass is 9.92. The molecular formula is C30H23N3O3. The molecule has 1 aliphatic carbocycles. The summed E-state index contributed by atoms with van der Waals surface area (Å²) in [7, 11) is 0. The number of nitrogens with zero attached hydrogens (tertiary/aromatic N) is 3. The molecule has 0 bridgehead atoms. The van der Waals surface area contributed by atoms with Crippen molar-refractivity contribution in [3.05, 3.63) is 72.8 Å². The van der Waals surface area contributed by atoms with Crippen molar-refractivity contribution in [2.45, 2.75) is 31.8 Å². The van der Waals surface area contributed by atoms with Crippen LogP contribution < -0.4 is 4.74 Å². The number of phenolic OH excluding ortho intramolecular Hbond substituents is 2. The second-order valence-electron chi connectivity index (χ2n) is 9.46. The summed E-state index contributed by atoms with van der Waals surface area (Å²) >= 11 is 0. The van der Waals surface area contributed by atoms with E-state index in [-0.39, 0.29) is 23.6 Å². The van der Waals surface area contributed by atoms with Crippen molar-refractivity contribution in [3.63, 3.8) is 0 Å². The number of benzene rings is 5. The zero-order valence-corrected chi connectivity index (χ0v) is 19.5. The predicted octanol–water partition coefficient (Wildman–Crippen LogP) is 6.84. The molecule has 1 aliphatic rings. The van der Waals surface area contributed by atoms with Crippen LogP contribution in [0.15, 0.2) is 72.8 Å². The fraction of sp³-hybridized carbons (Fsp3) is 0.167. The summed E-state index contributed by atoms with van der Waals surface area (Å²) in [6, 6.07) is 23.7. The summed E-state index contributed by atoms with van der Waals surface area (Å²) in [5.74, 6) is 0.656. The topological polar surface area (TPSA) is 88.4 Å². The van der Waals surface area contributed by atoms with E-state index in [1.165, 1.54) is 33.7 Å². The van der Waals surface area contributed by atoms with E-state index in [1.54, 1.807) is 6.07 Å². The maximum atomic E-state index is 10.5. The molecule has 1 aromatic heterocycles. The van der Waals surface area contributed by atoms with Gasteiger partial charge in [-0.1, -0.05) is 48.5 Å². The monoisotopic (exact) mass is 473 g/mol. The van der Waals surface area contributed by atoms with Gasteiger partial charge in [-0.3, -0.25) is 0 Å². The highest BCUT2D eigenvalue weighted by molar-refractivity contribution is 6.25. The second-order valence-corrected chi connectivity index (χ2v) is 9.46. The van der Waals surface area contributed by atoms with Crippen molar-refractivity contribution in [1.82, 2.24) is 15.0 Å². The lowest BCUT2D eigenvalue weighted by molar-refractivity contribution is 0.192. The SMILES string of the molecule is Oc1ccc(-c2nc(OC3CCCC3)nc(-c3ccc4ccc5cccc6ccc3c4c56)n2)c(O)c1. The Balaban J connectivity index is 1.47. The first-order valence-corrected chi connectivity index (χ1v) is 12.3. The molecule has 0 unspecified atom stereocenters. The van der Waals surface area contributed by atoms with Crippen LogP contribution in [0.4, 0.5) is 0 Å². The Kier molecular flexibility index (Phi) is 4.67. The first-order chi connectivity index (χ1) is 17.6. The van der Waals surface area contributed by atoms with Gasteiger partial charge in [0.2, 0.25) is 0 Å². The molecule has 0 radical (unpaired) electrons. The third-order valence-electron chi connectivity index (χ3n) is 7.18. The van der Waals surface area contributed by atoms with Crippen LogP contribution in [-0.4, -0.2) is 31.3 Å². The lowest BCUT2D eigenvalue weighted by Crippen LogP contribution is -2.14. The Morgan fingerprint density at radius 3 is 2.06 bits per heavy atom. The molecule has 36 heavy (non-hydrogen) atoms. The van der Waals surface area contributed by atoms with Crippen molar-refractivity contribution in [1.29, 1.82) is 0 Å². The summed E-state index contributed by atoms with van der Waals surface area (Å²) in [5.41, 5.74) is 1.28. The van der Waals surface area contributed by atoms with Gasteiger partial charge >= 0.3 is 6.01 Å². The number of aromatic hydroxyl groups is 2. The highest BCUT2D eigenvalue weighted by Crippen LogP contribution is 2.39. The van der Waals surface area contributed by atoms with Crippen molar-refractivity contribution >= 4 is 32.3 Å². The summed E-state index contributed by atoms with van der Waals surface area (Å²) < 4.78 is 6.20. The van der Waals surface area contributed by atoms with Crippen LogP contribution in [0.2, 0.25) is 0 Å². The molecule has 0 spiro atoms. The zero-order valence-electron chi connectivity index (χ0n) is 19.5. The number of ether oxygens (including phenoxy) is 1. The Hall–Kier alpha value is -4.45. The van der Waals surface area contributed by atoms with Crippen LogP contribution in [0, 0.1) is 0 Å². The van der Waals surface area contributed by atoms with Crippen molar-refractivity contribution in [2.24, 2.45) is 0 Å². The van der Waals surface area contributed by atoms with E-state index in [4.69, 9.17) is 14.7 Å². The summed E-state index contributed by atoms with van der Waals surface area (Å²) in [6.07, 6.45) is 4.27. The number of hydrogen-bond acceptors (Lipinski definition) is 6. The van der Waals surface area contributed by atoms with Gasteiger partial charge < -0.3 is 14.9 Å². The molecular weight excluding hydrogens is 450 g/mol. The summed E-state index contributed by atoms with van der Waals surface area (Å²) in [6.45, 7) is 0. The van der Waals surface area contributed by atoms with E-state index in [9.17, 15) is 10.2 Å². The van der Waals surface area contributed by atoms with Gasteiger partial charge in [-0.05, 0) is 76.2 Å². The lowest BCUT2D eigenvalue weighted by Gasteiger charge is -2.16. The Morgan fingerprint density at radius 1 is 0.667 bits per heavy atom. The van der Waals surface area contributed by atoms with E-state index in [0.29, 0.717) is 17.2 Å². The van der Waals surface area contributed by atoms with Gasteiger partial charge in [-0.15, -0.1) is 0 Å². The van der Waals surface area contributed by atoms with Gasteiger partial charge in [0.15, 0.2) is 11.6 Å². The van der Waals surface area contributed by atoms with E-state index in [0.717, 1.165) is 42.0 Å². The van der Waals surface area contributed by atoms with Crippen LogP contribution in [0.1, 0.15) is 25.7 Å². The molecule has 7 rings (SSSR count). The van der Waals surface area contributed by atoms with Gasteiger partial charge in [0, 0.05) is 11.6 Å². The molecule has 0 saturated heterocycles. The molecule has 5 aromatic carbocycles. The van der Waals surface area contributed by atoms with Gasteiger partial charge in [0.25, 0.3) is 0 Å². The van der Waals surface area contributed by atoms with Crippen molar-refractivity contribution in [2.75, 3.05) is 0 Å². The van der Waals surface area contributed by atoms with Crippen molar-refractivity contribution in [3.8, 4) is 40.3 Å². The second kappa shape index (κ2) is 8.05. The molecule has 6 aromatic rings. The van der Waals surface area contributed by atoms with Crippen LogP contribution in [-0.2, 0) is 0 Å². The minimum Gasteiger partial charge on any atom is -0.508 e. The molecule has 1 fully saturated rings. The molecule has 176 valence electrons. The number of phenols is 2. The maximum absolute atomic E-state index is 10.5. The fourth-order valence-corrected chi connectivity index (χ4v) is 5.44. The minimum absolute atomic E-state index is 0.0280. The Morgan fingerprint density at radius 2 is 1.31 bits per heavy atom. The molecule has 0 aliphatic heterocycles. The van der Waals surface area contributed by atoms with Crippen LogP contribution in [0.5, 0.6) is 17.5 Å². The molecule has 1 saturated carbocycles. The van der Waals surface area contributed by atoms with E-state index < -0.39 is 0 Å². The zero-order chi connectivity index (χ0) is 24.2. The third-order valence-corrected chi connectivity index (χ3v) is 7.18. The number of hydrogen-bond donors (Lipinski definition) is 2. The molecule has 0 amide bonds. The standard InChI is InChI=1S/C30H23N3O3/c34-20-12-15-24(25(35)16-20)29-31-28(32-30(33-29)36-21-6-1-2-7-21)23-14-11-19-9-8-17-4-3-5-18-10-13-22(23)27(19)26(17)18/h3-5,8-16,21,34-35H,1-2,6-7H2. The average molecular weight is 474 g/mol. The number of rotatable bonds is 4. The summed E-state index contributed by atoms with van der Waals surface area (Å²) in [5, 5.41) is 27.3. The highest BCUT2D eigenvalue weighted by atomic mass is 16.5. The maximum Gasteiger partial charge on any atom is 0.320 e. The molecule has 6 heteroatoms. The summed E-state index contributed by atoms with van der Waals surface area (Å²) in [4.78, 5) is 14.1. The molecule has 0 atom stereocenters. The largest absolute Gasteiger partial charge is 0.508 e. The smallest absolute Gasteiger partial charge is 0.320 e. The fourth-order valence-electron chi connectivity index (χ4n) is 5.44. The normalized spacial score (nSPS) is 14.3. The van der Waals surface area contributed by atoms with Crippen molar-refractivity contribution < 1.29 is 14.9 Å².